The predicted octanol–water partition coefficient (Wildman–Crippen LogP) is 3.64. The van der Waals surface area contributed by atoms with Gasteiger partial charge in [0.2, 0.25) is 5.88 Å². The number of rotatable bonds is 7. The van der Waals surface area contributed by atoms with Crippen molar-refractivity contribution in [3.05, 3.63) is 42.9 Å². The quantitative estimate of drug-likeness (QED) is 0.680. The minimum Gasteiger partial charge on any atom is -0.475 e. The second kappa shape index (κ2) is 7.84. The van der Waals surface area contributed by atoms with Gasteiger partial charge in [-0.2, -0.15) is 0 Å². The summed E-state index contributed by atoms with van der Waals surface area (Å²) in [6, 6.07) is 3.77. The van der Waals surface area contributed by atoms with Gasteiger partial charge < -0.3 is 14.9 Å². The number of nitrogens with zero attached hydrogens (tertiary/aromatic N) is 4. The Balaban J connectivity index is 1.92. The third kappa shape index (κ3) is 4.89. The van der Waals surface area contributed by atoms with Crippen LogP contribution in [0.4, 0.5) is 0 Å². The summed E-state index contributed by atoms with van der Waals surface area (Å²) in [5, 5.41) is 0. The molecule has 0 saturated heterocycles. The predicted molar refractivity (Wildman–Crippen MR) is 103 cm³/mol. The minimum atomic E-state index is -0.447. The van der Waals surface area contributed by atoms with Crippen molar-refractivity contribution in [1.29, 1.82) is 0 Å². The van der Waals surface area contributed by atoms with Gasteiger partial charge in [-0.1, -0.05) is 13.8 Å². The van der Waals surface area contributed by atoms with E-state index in [1.165, 1.54) is 6.39 Å². The topological polar surface area (TPSA) is 100.0 Å². The SMILES string of the molecule is Cc1nccc(-c2cnc(OCC(C)(N)CC(C)C)c(-c3cnco3)c2)n1. The first-order chi connectivity index (χ1) is 12.8. The maximum absolute atomic E-state index is 6.37. The number of aryl methyl sites for hydroxylation is 1. The van der Waals surface area contributed by atoms with E-state index in [1.54, 1.807) is 18.6 Å². The minimum absolute atomic E-state index is 0.352. The fourth-order valence-electron chi connectivity index (χ4n) is 3.07. The zero-order valence-electron chi connectivity index (χ0n) is 16.1. The first kappa shape index (κ1) is 19.0. The molecule has 0 bridgehead atoms. The molecule has 0 aliphatic rings. The first-order valence-electron chi connectivity index (χ1n) is 8.95. The lowest BCUT2D eigenvalue weighted by Gasteiger charge is -2.26. The molecule has 0 radical (unpaired) electrons. The van der Waals surface area contributed by atoms with Crippen molar-refractivity contribution >= 4 is 0 Å². The van der Waals surface area contributed by atoms with Crippen LogP contribution in [-0.2, 0) is 0 Å². The van der Waals surface area contributed by atoms with Gasteiger partial charge in [0.1, 0.15) is 12.4 Å². The molecular formula is C20H25N5O2. The Morgan fingerprint density at radius 2 is 2.07 bits per heavy atom. The molecular weight excluding hydrogens is 342 g/mol. The summed E-state index contributed by atoms with van der Waals surface area (Å²) in [6.45, 7) is 8.47. The second-order valence-electron chi connectivity index (χ2n) is 7.47. The van der Waals surface area contributed by atoms with Gasteiger partial charge in [0.15, 0.2) is 12.2 Å². The van der Waals surface area contributed by atoms with Crippen LogP contribution in [0.3, 0.4) is 0 Å². The molecule has 7 heteroatoms. The monoisotopic (exact) mass is 367 g/mol. The summed E-state index contributed by atoms with van der Waals surface area (Å²) in [6.07, 6.45) is 7.32. The van der Waals surface area contributed by atoms with Crippen molar-refractivity contribution in [2.45, 2.75) is 39.7 Å². The molecule has 0 fully saturated rings. The molecule has 0 amide bonds. The van der Waals surface area contributed by atoms with Gasteiger partial charge in [-0.3, -0.25) is 0 Å². The Labute approximate surface area is 159 Å². The highest BCUT2D eigenvalue weighted by Crippen LogP contribution is 2.32. The van der Waals surface area contributed by atoms with Crippen LogP contribution in [0, 0.1) is 12.8 Å². The maximum Gasteiger partial charge on any atom is 0.224 e. The lowest BCUT2D eigenvalue weighted by molar-refractivity contribution is 0.201. The van der Waals surface area contributed by atoms with Crippen molar-refractivity contribution in [1.82, 2.24) is 19.9 Å². The van der Waals surface area contributed by atoms with Crippen LogP contribution in [0.5, 0.6) is 5.88 Å². The van der Waals surface area contributed by atoms with E-state index in [2.05, 4.69) is 33.8 Å². The molecule has 1 unspecified atom stereocenters. The molecule has 3 heterocycles. The maximum atomic E-state index is 6.37. The molecule has 0 aliphatic heterocycles. The van der Waals surface area contributed by atoms with E-state index in [4.69, 9.17) is 14.9 Å². The molecule has 0 spiro atoms. The summed E-state index contributed by atoms with van der Waals surface area (Å²) in [7, 11) is 0. The normalized spacial score (nSPS) is 13.6. The highest BCUT2D eigenvalue weighted by Gasteiger charge is 2.23. The van der Waals surface area contributed by atoms with Crippen molar-refractivity contribution in [2.75, 3.05) is 6.61 Å². The Morgan fingerprint density at radius 3 is 2.74 bits per heavy atom. The smallest absolute Gasteiger partial charge is 0.224 e. The first-order valence-corrected chi connectivity index (χ1v) is 8.95. The Kier molecular flexibility index (Phi) is 5.51. The van der Waals surface area contributed by atoms with Crippen molar-refractivity contribution in [3.8, 4) is 28.5 Å². The second-order valence-corrected chi connectivity index (χ2v) is 7.47. The Morgan fingerprint density at radius 1 is 1.26 bits per heavy atom. The van der Waals surface area contributed by atoms with E-state index < -0.39 is 5.54 Å². The van der Waals surface area contributed by atoms with E-state index in [0.29, 0.717) is 35.6 Å². The van der Waals surface area contributed by atoms with Crippen molar-refractivity contribution in [3.63, 3.8) is 0 Å². The number of hydrogen-bond donors (Lipinski definition) is 1. The highest BCUT2D eigenvalue weighted by atomic mass is 16.5. The largest absolute Gasteiger partial charge is 0.475 e. The van der Waals surface area contributed by atoms with Gasteiger partial charge in [0.25, 0.3) is 0 Å². The Hall–Kier alpha value is -2.80. The van der Waals surface area contributed by atoms with E-state index in [0.717, 1.165) is 17.7 Å². The van der Waals surface area contributed by atoms with E-state index >= 15 is 0 Å². The molecule has 2 N–H and O–H groups in total. The molecule has 142 valence electrons. The van der Waals surface area contributed by atoms with E-state index in [-0.39, 0.29) is 0 Å². The van der Waals surface area contributed by atoms with Crippen molar-refractivity contribution < 1.29 is 9.15 Å². The van der Waals surface area contributed by atoms with Gasteiger partial charge in [0, 0.05) is 23.5 Å². The van der Waals surface area contributed by atoms with E-state index in [9.17, 15) is 0 Å². The zero-order valence-corrected chi connectivity index (χ0v) is 16.1. The van der Waals surface area contributed by atoms with Crippen LogP contribution in [0.25, 0.3) is 22.6 Å². The number of oxazole rings is 1. The molecule has 7 nitrogen and oxygen atoms in total. The van der Waals surface area contributed by atoms with Crippen molar-refractivity contribution in [2.24, 2.45) is 11.7 Å². The average Bonchev–Trinajstić information content (AvgIpc) is 3.13. The molecule has 3 aromatic rings. The summed E-state index contributed by atoms with van der Waals surface area (Å²) in [5.41, 5.74) is 8.26. The molecule has 3 aromatic heterocycles. The van der Waals surface area contributed by atoms with Gasteiger partial charge in [-0.15, -0.1) is 0 Å². The Bertz CT molecular complexity index is 891. The number of aromatic nitrogens is 4. The van der Waals surface area contributed by atoms with Crippen LogP contribution >= 0.6 is 0 Å². The summed E-state index contributed by atoms with van der Waals surface area (Å²) in [5.74, 6) is 2.21. The van der Waals surface area contributed by atoms with Gasteiger partial charge in [-0.05, 0) is 38.3 Å². The van der Waals surface area contributed by atoms with E-state index in [1.807, 2.05) is 26.0 Å². The standard InChI is InChI=1S/C20H25N5O2/c1-13(2)8-20(4,21)11-26-19-16(18-10-22-12-27-18)7-15(9-24-19)17-5-6-23-14(3)25-17/h5-7,9-10,12-13H,8,11,21H2,1-4H3. The third-order valence-corrected chi connectivity index (χ3v) is 4.03. The molecule has 0 saturated carbocycles. The molecule has 0 aliphatic carbocycles. The van der Waals surface area contributed by atoms with Gasteiger partial charge >= 0.3 is 0 Å². The summed E-state index contributed by atoms with van der Waals surface area (Å²) < 4.78 is 11.5. The fourth-order valence-corrected chi connectivity index (χ4v) is 3.07. The molecule has 0 aromatic carbocycles. The molecule has 27 heavy (non-hydrogen) atoms. The third-order valence-electron chi connectivity index (χ3n) is 4.03. The highest BCUT2D eigenvalue weighted by molar-refractivity contribution is 5.71. The van der Waals surface area contributed by atoms with Crippen LogP contribution in [-0.4, -0.2) is 32.1 Å². The van der Waals surface area contributed by atoms with Crippen LogP contribution in [0.1, 0.15) is 33.0 Å². The lowest BCUT2D eigenvalue weighted by atomic mass is 9.93. The molecule has 3 rings (SSSR count). The van der Waals surface area contributed by atoms with Crippen LogP contribution in [0.2, 0.25) is 0 Å². The zero-order chi connectivity index (χ0) is 19.4. The average molecular weight is 367 g/mol. The van der Waals surface area contributed by atoms with Gasteiger partial charge in [-0.25, -0.2) is 19.9 Å². The van der Waals surface area contributed by atoms with Gasteiger partial charge in [0.05, 0.1) is 17.5 Å². The van der Waals surface area contributed by atoms with Crippen LogP contribution < -0.4 is 10.5 Å². The lowest BCUT2D eigenvalue weighted by Crippen LogP contribution is -2.43. The number of ether oxygens (including phenoxy) is 1. The fraction of sp³-hybridized carbons (Fsp3) is 0.400. The summed E-state index contributed by atoms with van der Waals surface area (Å²) >= 11 is 0. The molecule has 1 atom stereocenters. The number of hydrogen-bond acceptors (Lipinski definition) is 7. The van der Waals surface area contributed by atoms with Crippen LogP contribution in [0.15, 0.2) is 41.5 Å². The summed E-state index contributed by atoms with van der Waals surface area (Å²) in [4.78, 5) is 17.1. The number of nitrogens with two attached hydrogens (primary N) is 1. The number of pyridine rings is 1.